The number of nitrogens with one attached hydrogen (secondary N) is 1. The molecular weight excluding hydrogens is 390 g/mol. The SMILES string of the molecule is Cc1cc(C)nc(Nc2cc(C3CCN(C(=O)/C=C/c4ccnn4C)CC3)ccn2)n1. The topological polar surface area (TPSA) is 88.8 Å². The van der Waals surface area contributed by atoms with Crippen LogP contribution < -0.4 is 5.32 Å². The molecule has 1 N–H and O–H groups in total. The maximum atomic E-state index is 12.5. The number of anilines is 2. The van der Waals surface area contributed by atoms with Gasteiger partial charge in [0, 0.05) is 50.0 Å². The van der Waals surface area contributed by atoms with E-state index in [-0.39, 0.29) is 5.91 Å². The molecule has 8 nitrogen and oxygen atoms in total. The van der Waals surface area contributed by atoms with Gasteiger partial charge < -0.3 is 10.2 Å². The molecule has 0 aromatic carbocycles. The number of amides is 1. The summed E-state index contributed by atoms with van der Waals surface area (Å²) in [5.41, 5.74) is 3.97. The number of carbonyl (C=O) groups is 1. The van der Waals surface area contributed by atoms with Gasteiger partial charge in [-0.3, -0.25) is 9.48 Å². The predicted octanol–water partition coefficient (Wildman–Crippen LogP) is 3.38. The molecule has 1 aliphatic rings. The normalized spacial score (nSPS) is 14.9. The fourth-order valence-corrected chi connectivity index (χ4v) is 3.91. The monoisotopic (exact) mass is 417 g/mol. The Hall–Kier alpha value is -3.55. The lowest BCUT2D eigenvalue weighted by Gasteiger charge is -2.31. The highest BCUT2D eigenvalue weighted by molar-refractivity contribution is 5.91. The molecule has 8 heteroatoms. The van der Waals surface area contributed by atoms with E-state index in [1.54, 1.807) is 17.0 Å². The quantitative estimate of drug-likeness (QED) is 0.640. The zero-order valence-corrected chi connectivity index (χ0v) is 18.1. The van der Waals surface area contributed by atoms with Gasteiger partial charge in [0.25, 0.3) is 0 Å². The van der Waals surface area contributed by atoms with E-state index in [4.69, 9.17) is 0 Å². The van der Waals surface area contributed by atoms with Crippen molar-refractivity contribution in [1.82, 2.24) is 29.6 Å². The van der Waals surface area contributed by atoms with Crippen molar-refractivity contribution >= 4 is 23.7 Å². The minimum atomic E-state index is 0.0451. The number of hydrogen-bond donors (Lipinski definition) is 1. The van der Waals surface area contributed by atoms with Gasteiger partial charge in [0.15, 0.2) is 0 Å². The van der Waals surface area contributed by atoms with Crippen LogP contribution in [0, 0.1) is 13.8 Å². The smallest absolute Gasteiger partial charge is 0.246 e. The summed E-state index contributed by atoms with van der Waals surface area (Å²) in [5, 5.41) is 7.33. The molecule has 3 aromatic rings. The molecule has 0 atom stereocenters. The van der Waals surface area contributed by atoms with Crippen LogP contribution in [0.5, 0.6) is 0 Å². The first kappa shape index (κ1) is 20.7. The van der Waals surface area contributed by atoms with Crippen LogP contribution in [0.2, 0.25) is 0 Å². The highest BCUT2D eigenvalue weighted by atomic mass is 16.2. The summed E-state index contributed by atoms with van der Waals surface area (Å²) in [6, 6.07) is 7.94. The van der Waals surface area contributed by atoms with Gasteiger partial charge in [-0.1, -0.05) is 0 Å². The number of aryl methyl sites for hydroxylation is 3. The number of likely N-dealkylation sites (tertiary alicyclic amines) is 1. The van der Waals surface area contributed by atoms with Crippen LogP contribution in [0.1, 0.15) is 41.4 Å². The van der Waals surface area contributed by atoms with Crippen molar-refractivity contribution in [2.24, 2.45) is 7.05 Å². The lowest BCUT2D eigenvalue weighted by atomic mass is 9.90. The van der Waals surface area contributed by atoms with Gasteiger partial charge in [-0.2, -0.15) is 5.10 Å². The molecule has 0 spiro atoms. The predicted molar refractivity (Wildman–Crippen MR) is 120 cm³/mol. The summed E-state index contributed by atoms with van der Waals surface area (Å²) in [6.45, 7) is 5.38. The number of hydrogen-bond acceptors (Lipinski definition) is 6. The van der Waals surface area contributed by atoms with Crippen LogP contribution in [-0.2, 0) is 11.8 Å². The highest BCUT2D eigenvalue weighted by Gasteiger charge is 2.23. The molecule has 4 rings (SSSR count). The van der Waals surface area contributed by atoms with Gasteiger partial charge in [0.2, 0.25) is 11.9 Å². The summed E-state index contributed by atoms with van der Waals surface area (Å²) >= 11 is 0. The van der Waals surface area contributed by atoms with E-state index in [1.165, 1.54) is 5.56 Å². The van der Waals surface area contributed by atoms with Crippen molar-refractivity contribution in [1.29, 1.82) is 0 Å². The molecule has 3 aromatic heterocycles. The number of rotatable bonds is 5. The molecule has 31 heavy (non-hydrogen) atoms. The molecule has 0 bridgehead atoms. The second-order valence-corrected chi connectivity index (χ2v) is 7.89. The molecule has 0 unspecified atom stereocenters. The highest BCUT2D eigenvalue weighted by Crippen LogP contribution is 2.29. The Labute approximate surface area is 182 Å². The minimum Gasteiger partial charge on any atom is -0.339 e. The Morgan fingerprint density at radius 3 is 2.52 bits per heavy atom. The van der Waals surface area contributed by atoms with E-state index in [2.05, 4.69) is 37.5 Å². The van der Waals surface area contributed by atoms with Gasteiger partial charge in [0.1, 0.15) is 5.82 Å². The Kier molecular flexibility index (Phi) is 6.06. The molecule has 1 aliphatic heterocycles. The summed E-state index contributed by atoms with van der Waals surface area (Å²) in [5.74, 6) is 1.74. The Morgan fingerprint density at radius 2 is 1.84 bits per heavy atom. The van der Waals surface area contributed by atoms with Crippen molar-refractivity contribution in [3.63, 3.8) is 0 Å². The molecule has 0 radical (unpaired) electrons. The molecule has 160 valence electrons. The van der Waals surface area contributed by atoms with E-state index in [0.29, 0.717) is 11.9 Å². The minimum absolute atomic E-state index is 0.0451. The average Bonchev–Trinajstić information content (AvgIpc) is 3.16. The van der Waals surface area contributed by atoms with Crippen molar-refractivity contribution in [2.75, 3.05) is 18.4 Å². The van der Waals surface area contributed by atoms with Gasteiger partial charge in [-0.05, 0) is 68.5 Å². The summed E-state index contributed by atoms with van der Waals surface area (Å²) < 4.78 is 1.74. The maximum Gasteiger partial charge on any atom is 0.246 e. The average molecular weight is 418 g/mol. The van der Waals surface area contributed by atoms with Crippen molar-refractivity contribution in [2.45, 2.75) is 32.6 Å². The molecular formula is C23H27N7O. The van der Waals surface area contributed by atoms with Crippen LogP contribution in [-0.4, -0.2) is 48.6 Å². The molecule has 1 amide bonds. The summed E-state index contributed by atoms with van der Waals surface area (Å²) in [6.07, 6.45) is 8.84. The molecule has 0 aliphatic carbocycles. The Bertz CT molecular complexity index is 1080. The molecule has 1 fully saturated rings. The van der Waals surface area contributed by atoms with Gasteiger partial charge in [-0.25, -0.2) is 15.0 Å². The summed E-state index contributed by atoms with van der Waals surface area (Å²) in [7, 11) is 1.86. The number of aromatic nitrogens is 5. The van der Waals surface area contributed by atoms with E-state index < -0.39 is 0 Å². The number of nitrogens with zero attached hydrogens (tertiary/aromatic N) is 6. The first-order chi connectivity index (χ1) is 15.0. The third-order valence-electron chi connectivity index (χ3n) is 5.54. The fourth-order valence-electron chi connectivity index (χ4n) is 3.91. The largest absolute Gasteiger partial charge is 0.339 e. The molecule has 4 heterocycles. The fraction of sp³-hybridized carbons (Fsp3) is 0.348. The second kappa shape index (κ2) is 9.07. The van der Waals surface area contributed by atoms with Gasteiger partial charge in [-0.15, -0.1) is 0 Å². The molecule has 0 saturated carbocycles. The van der Waals surface area contributed by atoms with Gasteiger partial charge in [0.05, 0.1) is 5.69 Å². The van der Waals surface area contributed by atoms with Gasteiger partial charge >= 0.3 is 0 Å². The van der Waals surface area contributed by atoms with E-state index in [9.17, 15) is 4.79 Å². The van der Waals surface area contributed by atoms with Crippen LogP contribution in [0.4, 0.5) is 11.8 Å². The lowest BCUT2D eigenvalue weighted by molar-refractivity contribution is -0.126. The zero-order valence-electron chi connectivity index (χ0n) is 18.1. The van der Waals surface area contributed by atoms with Crippen LogP contribution >= 0.6 is 0 Å². The number of pyridine rings is 1. The third kappa shape index (κ3) is 5.14. The van der Waals surface area contributed by atoms with E-state index in [1.807, 2.05) is 50.2 Å². The standard InChI is InChI=1S/C23H27N7O/c1-16-14-17(2)27-23(26-16)28-21-15-19(6-10-24-21)18-8-12-30(13-9-18)22(31)5-4-20-7-11-25-29(20)3/h4-7,10-11,14-15,18H,8-9,12-13H2,1-3H3,(H,24,26,27,28)/b5-4+. The van der Waals surface area contributed by atoms with Crippen molar-refractivity contribution in [3.8, 4) is 0 Å². The van der Waals surface area contributed by atoms with Crippen LogP contribution in [0.3, 0.4) is 0 Å². The number of piperidine rings is 1. The molecule has 1 saturated heterocycles. The van der Waals surface area contributed by atoms with Crippen LogP contribution in [0.25, 0.3) is 6.08 Å². The third-order valence-corrected chi connectivity index (χ3v) is 5.54. The van der Waals surface area contributed by atoms with Crippen molar-refractivity contribution < 1.29 is 4.79 Å². The first-order valence-electron chi connectivity index (χ1n) is 10.5. The first-order valence-corrected chi connectivity index (χ1v) is 10.5. The van der Waals surface area contributed by atoms with Crippen molar-refractivity contribution in [3.05, 3.63) is 65.4 Å². The zero-order chi connectivity index (χ0) is 21.8. The number of carbonyl (C=O) groups excluding carboxylic acids is 1. The van der Waals surface area contributed by atoms with Crippen LogP contribution in [0.15, 0.2) is 42.7 Å². The maximum absolute atomic E-state index is 12.5. The Balaban J connectivity index is 1.36. The summed E-state index contributed by atoms with van der Waals surface area (Å²) in [4.78, 5) is 27.7. The Morgan fingerprint density at radius 1 is 1.10 bits per heavy atom. The van der Waals surface area contributed by atoms with E-state index >= 15 is 0 Å². The lowest BCUT2D eigenvalue weighted by Crippen LogP contribution is -2.36. The van der Waals surface area contributed by atoms with E-state index in [0.717, 1.165) is 48.8 Å². The second-order valence-electron chi connectivity index (χ2n) is 7.89.